The Morgan fingerprint density at radius 1 is 1.17 bits per heavy atom. The molecule has 4 atom stereocenters. The Hall–Kier alpha value is -3.72. The van der Waals surface area contributed by atoms with Crippen LogP contribution in [0.4, 0.5) is 5.69 Å². The molecular formula is C35H39N3O3. The van der Waals surface area contributed by atoms with Crippen molar-refractivity contribution in [1.82, 2.24) is 9.88 Å². The highest BCUT2D eigenvalue weighted by molar-refractivity contribution is 5.93. The second-order valence-corrected chi connectivity index (χ2v) is 12.8. The number of nitrogens with zero attached hydrogens (tertiary/aromatic N) is 2. The second-order valence-electron chi connectivity index (χ2n) is 12.8. The number of unbranched alkanes of at least 4 members (excludes halogenated alkanes) is 1. The Morgan fingerprint density at radius 3 is 2.63 bits per heavy atom. The fourth-order valence-corrected chi connectivity index (χ4v) is 8.78. The number of anilines is 1. The van der Waals surface area contributed by atoms with Crippen molar-refractivity contribution in [3.63, 3.8) is 0 Å². The van der Waals surface area contributed by atoms with Crippen molar-refractivity contribution >= 4 is 11.6 Å². The minimum atomic E-state index is -0.254. The lowest BCUT2D eigenvalue weighted by molar-refractivity contribution is 0.0560. The van der Waals surface area contributed by atoms with Crippen LogP contribution in [0.5, 0.6) is 5.75 Å². The molecule has 0 saturated heterocycles. The molecule has 8 rings (SSSR count). The number of terminal acetylenes is 1. The zero-order chi connectivity index (χ0) is 28.1. The van der Waals surface area contributed by atoms with Gasteiger partial charge in [-0.05, 0) is 110 Å². The third-order valence-corrected chi connectivity index (χ3v) is 10.4. The Labute approximate surface area is 242 Å². The highest BCUT2D eigenvalue weighted by Gasteiger charge is 2.57. The van der Waals surface area contributed by atoms with Gasteiger partial charge in [-0.3, -0.25) is 4.79 Å². The molecule has 5 aliphatic rings. The summed E-state index contributed by atoms with van der Waals surface area (Å²) in [6.45, 7) is 2.19. The maximum Gasteiger partial charge on any atom is 0.276 e. The summed E-state index contributed by atoms with van der Waals surface area (Å²) in [5.41, 5.74) is 5.15. The zero-order valence-electron chi connectivity index (χ0n) is 24.1. The van der Waals surface area contributed by atoms with Crippen LogP contribution < -0.4 is 10.1 Å². The number of carbonyl (C=O) groups is 1. The number of fused-ring (bicyclic) bond motifs is 1. The Morgan fingerprint density at radius 2 is 1.95 bits per heavy atom. The molecule has 0 spiro atoms. The lowest BCUT2D eigenvalue weighted by Gasteiger charge is -2.43. The summed E-state index contributed by atoms with van der Waals surface area (Å²) < 4.78 is 11.0. The first-order valence-electron chi connectivity index (χ1n) is 15.3. The van der Waals surface area contributed by atoms with Gasteiger partial charge < -0.3 is 19.4 Å². The number of oxazole rings is 1. The minimum Gasteiger partial charge on any atom is -0.497 e. The van der Waals surface area contributed by atoms with E-state index < -0.39 is 0 Å². The van der Waals surface area contributed by atoms with Gasteiger partial charge in [0.15, 0.2) is 5.69 Å². The summed E-state index contributed by atoms with van der Waals surface area (Å²) >= 11 is 0. The molecule has 2 aromatic carbocycles. The van der Waals surface area contributed by atoms with Crippen LogP contribution in [0.25, 0.3) is 0 Å². The summed E-state index contributed by atoms with van der Waals surface area (Å²) in [6, 6.07) is 14.9. The predicted octanol–water partition coefficient (Wildman–Crippen LogP) is 7.00. The van der Waals surface area contributed by atoms with Crippen molar-refractivity contribution in [3.05, 3.63) is 77.0 Å². The molecule has 4 saturated carbocycles. The average Bonchev–Trinajstić information content (AvgIpc) is 3.63. The highest BCUT2D eigenvalue weighted by atomic mass is 16.5. The molecule has 0 radical (unpaired) electrons. The van der Waals surface area contributed by atoms with Crippen LogP contribution >= 0.6 is 0 Å². The van der Waals surface area contributed by atoms with E-state index >= 15 is 0 Å². The van der Waals surface area contributed by atoms with Gasteiger partial charge in [0, 0.05) is 17.3 Å². The van der Waals surface area contributed by atoms with Crippen LogP contribution in [-0.4, -0.2) is 34.5 Å². The maximum absolute atomic E-state index is 14.2. The third kappa shape index (κ3) is 4.51. The van der Waals surface area contributed by atoms with Gasteiger partial charge in [0.25, 0.3) is 11.8 Å². The van der Waals surface area contributed by atoms with E-state index in [1.165, 1.54) is 49.6 Å². The first kappa shape index (κ1) is 26.2. The van der Waals surface area contributed by atoms with Gasteiger partial charge in [0.2, 0.25) is 0 Å². The monoisotopic (exact) mass is 549 g/mol. The van der Waals surface area contributed by atoms with E-state index in [1.807, 2.05) is 11.0 Å². The van der Waals surface area contributed by atoms with Crippen LogP contribution in [-0.2, 0) is 6.42 Å². The molecule has 1 amide bonds. The number of carbonyl (C=O) groups excluding carboxylic acids is 1. The smallest absolute Gasteiger partial charge is 0.276 e. The van der Waals surface area contributed by atoms with Crippen LogP contribution in [0, 0.1) is 30.1 Å². The summed E-state index contributed by atoms with van der Waals surface area (Å²) in [5, 5.41) is 4.01. The molecule has 2 heterocycles. The average molecular weight is 550 g/mol. The fraction of sp³-hybridized carbons (Fsp3) is 0.486. The second kappa shape index (κ2) is 10.3. The van der Waals surface area contributed by atoms with Crippen molar-refractivity contribution in [2.24, 2.45) is 17.8 Å². The molecule has 4 fully saturated rings. The number of aromatic nitrogens is 1. The number of amides is 1. The maximum atomic E-state index is 14.2. The number of nitrogens with one attached hydrogen (secondary N) is 1. The summed E-state index contributed by atoms with van der Waals surface area (Å²) in [4.78, 5) is 20.5. The summed E-state index contributed by atoms with van der Waals surface area (Å²) in [7, 11) is 1.70. The van der Waals surface area contributed by atoms with Gasteiger partial charge in [0.1, 0.15) is 12.0 Å². The van der Waals surface area contributed by atoms with Crippen LogP contribution in [0.1, 0.15) is 97.4 Å². The van der Waals surface area contributed by atoms with Crippen LogP contribution in [0.15, 0.2) is 53.1 Å². The molecular weight excluding hydrogens is 510 g/mol. The van der Waals surface area contributed by atoms with Crippen molar-refractivity contribution in [2.45, 2.75) is 82.3 Å². The number of methoxy groups -OCH3 is 1. The van der Waals surface area contributed by atoms with Gasteiger partial charge >= 0.3 is 0 Å². The molecule has 41 heavy (non-hydrogen) atoms. The van der Waals surface area contributed by atoms with Gasteiger partial charge in [-0.2, -0.15) is 4.98 Å². The van der Waals surface area contributed by atoms with E-state index in [1.54, 1.807) is 7.11 Å². The molecule has 6 heteroatoms. The molecule has 1 aromatic heterocycles. The molecule has 212 valence electrons. The number of ether oxygens (including phenoxy) is 1. The zero-order valence-corrected chi connectivity index (χ0v) is 24.1. The summed E-state index contributed by atoms with van der Waals surface area (Å²) in [5.74, 6) is 5.85. The van der Waals surface area contributed by atoms with Crippen LogP contribution in [0.3, 0.4) is 0 Å². The predicted molar refractivity (Wildman–Crippen MR) is 159 cm³/mol. The van der Waals surface area contributed by atoms with E-state index in [2.05, 4.69) is 59.5 Å². The van der Waals surface area contributed by atoms with Gasteiger partial charge in [-0.1, -0.05) is 38.0 Å². The molecule has 1 N–H and O–H groups in total. The lowest BCUT2D eigenvalue weighted by atomic mass is 9.80. The number of hydrogen-bond donors (Lipinski definition) is 1. The number of rotatable bonds is 8. The van der Waals surface area contributed by atoms with Crippen molar-refractivity contribution in [3.8, 4) is 18.1 Å². The topological polar surface area (TPSA) is 67.6 Å². The van der Waals surface area contributed by atoms with Crippen molar-refractivity contribution in [1.29, 1.82) is 0 Å². The summed E-state index contributed by atoms with van der Waals surface area (Å²) in [6.07, 6.45) is 17.5. The molecule has 1 aliphatic heterocycles. The lowest BCUT2D eigenvalue weighted by Crippen LogP contribution is -2.48. The van der Waals surface area contributed by atoms with Crippen LogP contribution in [0.2, 0.25) is 0 Å². The van der Waals surface area contributed by atoms with Gasteiger partial charge in [-0.15, -0.1) is 6.42 Å². The van der Waals surface area contributed by atoms with E-state index in [4.69, 9.17) is 15.6 Å². The molecule has 4 aliphatic carbocycles. The quantitative estimate of drug-likeness (QED) is 0.307. The SMILES string of the molecule is C#Cc1nc(C(=O)N2[C@@H](CCCC)Cc3cc(OC)ccc3[C@@H]2c2ccc(NC34CC5CC(CC3C5)C4)cc2)co1. The molecule has 6 nitrogen and oxygen atoms in total. The first-order chi connectivity index (χ1) is 20.0. The van der Waals surface area contributed by atoms with Gasteiger partial charge in [0.05, 0.1) is 13.2 Å². The normalized spacial score (nSPS) is 29.3. The van der Waals surface area contributed by atoms with Crippen molar-refractivity contribution < 1.29 is 13.9 Å². The first-order valence-corrected chi connectivity index (χ1v) is 15.3. The third-order valence-electron chi connectivity index (χ3n) is 10.4. The van der Waals surface area contributed by atoms with E-state index in [-0.39, 0.29) is 35.1 Å². The highest BCUT2D eigenvalue weighted by Crippen LogP contribution is 2.61. The Bertz CT molecular complexity index is 1470. The minimum absolute atomic E-state index is 0.0131. The molecule has 4 bridgehead atoms. The molecule has 3 aromatic rings. The standard InChI is InChI=1S/C35H39N3O3/c1-4-6-7-28-17-25-18-29(40-3)12-13-30(25)33(38(28)34(39)31-21-41-32(5-2)36-31)24-8-10-27(11-9-24)37-35-19-22-14-23(20-35)16-26(35)15-22/h2,8-13,18,21-23,26,28,33,37H,4,6-7,14-17,19-20H2,1,3H3/t22?,23?,26?,28-,33-,35?/m0/s1. The Balaban J connectivity index is 1.26. The molecule has 2 unspecified atom stereocenters. The van der Waals surface area contributed by atoms with E-state index in [0.717, 1.165) is 60.3 Å². The van der Waals surface area contributed by atoms with Crippen molar-refractivity contribution in [2.75, 3.05) is 12.4 Å². The number of hydrogen-bond acceptors (Lipinski definition) is 5. The van der Waals surface area contributed by atoms with E-state index in [9.17, 15) is 4.79 Å². The largest absolute Gasteiger partial charge is 0.497 e. The fourth-order valence-electron chi connectivity index (χ4n) is 8.78. The van der Waals surface area contributed by atoms with E-state index in [0.29, 0.717) is 0 Å². The Kier molecular flexibility index (Phi) is 6.57. The number of benzene rings is 2. The van der Waals surface area contributed by atoms with Gasteiger partial charge in [-0.25, -0.2) is 0 Å².